The highest BCUT2D eigenvalue weighted by Crippen LogP contribution is 2.44. The number of nitrogens with one attached hydrogen (secondary N) is 2. The molecule has 0 bridgehead atoms. The highest BCUT2D eigenvalue weighted by atomic mass is 35.5. The summed E-state index contributed by atoms with van der Waals surface area (Å²) >= 11 is 6.46. The Bertz CT molecular complexity index is 1050. The van der Waals surface area contributed by atoms with Crippen LogP contribution in [-0.4, -0.2) is 30.8 Å². The minimum absolute atomic E-state index is 0.187. The SMILES string of the molecule is CN/C=C(/C)C(=N)c1ccc(OCc2c(C3CC3)cccc2N(N)C(=O)N(C)N)c(Cl)c1. The van der Waals surface area contributed by atoms with E-state index in [1.807, 2.05) is 19.1 Å². The number of nitrogens with zero attached hydrogens (tertiary/aromatic N) is 2. The van der Waals surface area contributed by atoms with E-state index in [0.29, 0.717) is 33.7 Å². The van der Waals surface area contributed by atoms with Gasteiger partial charge in [-0.25, -0.2) is 21.5 Å². The molecule has 32 heavy (non-hydrogen) atoms. The Balaban J connectivity index is 1.86. The summed E-state index contributed by atoms with van der Waals surface area (Å²) < 4.78 is 6.05. The first-order valence-corrected chi connectivity index (χ1v) is 10.7. The van der Waals surface area contributed by atoms with E-state index in [9.17, 15) is 4.79 Å². The van der Waals surface area contributed by atoms with Crippen LogP contribution < -0.4 is 26.7 Å². The van der Waals surface area contributed by atoms with Gasteiger partial charge in [-0.15, -0.1) is 0 Å². The van der Waals surface area contributed by atoms with Gasteiger partial charge in [0.25, 0.3) is 0 Å². The minimum atomic E-state index is -0.537. The van der Waals surface area contributed by atoms with Crippen molar-refractivity contribution in [2.24, 2.45) is 11.7 Å². The van der Waals surface area contributed by atoms with Gasteiger partial charge in [0.05, 0.1) is 16.4 Å². The first kappa shape index (κ1) is 23.6. The number of benzene rings is 2. The number of halogens is 1. The molecule has 9 heteroatoms. The predicted octanol–water partition coefficient (Wildman–Crippen LogP) is 3.89. The van der Waals surface area contributed by atoms with Gasteiger partial charge in [0.1, 0.15) is 12.4 Å². The molecule has 170 valence electrons. The molecular weight excluding hydrogens is 428 g/mol. The average Bonchev–Trinajstić information content (AvgIpc) is 3.62. The van der Waals surface area contributed by atoms with Gasteiger partial charge < -0.3 is 10.1 Å². The largest absolute Gasteiger partial charge is 0.487 e. The zero-order valence-electron chi connectivity index (χ0n) is 18.5. The van der Waals surface area contributed by atoms with Crippen LogP contribution in [0.2, 0.25) is 5.02 Å². The number of carbonyl (C=O) groups is 1. The maximum absolute atomic E-state index is 12.3. The van der Waals surface area contributed by atoms with Crippen molar-refractivity contribution in [1.29, 1.82) is 5.41 Å². The van der Waals surface area contributed by atoms with E-state index in [1.54, 1.807) is 37.5 Å². The molecule has 0 radical (unpaired) electrons. The summed E-state index contributed by atoms with van der Waals surface area (Å²) in [6.07, 6.45) is 3.93. The highest BCUT2D eigenvalue weighted by molar-refractivity contribution is 6.32. The standard InChI is InChI=1S/C23H29ClN6O2/c1-14(12-28-2)22(25)16-9-10-21(19(24)11-16)32-13-18-17(15-7-8-15)5-4-6-20(18)30(27)23(31)29(3)26/h4-6,9-12,15,25,28H,7-8,13,26-27H2,1-3H3/b14-12-,25-22?. The van der Waals surface area contributed by atoms with E-state index in [4.69, 9.17) is 33.4 Å². The lowest BCUT2D eigenvalue weighted by molar-refractivity contribution is 0.216. The Morgan fingerprint density at radius 2 is 2.03 bits per heavy atom. The number of urea groups is 1. The lowest BCUT2D eigenvalue weighted by Crippen LogP contribution is -2.49. The van der Waals surface area contributed by atoms with Crippen LogP contribution in [0.1, 0.15) is 42.4 Å². The second-order valence-electron chi connectivity index (χ2n) is 7.81. The van der Waals surface area contributed by atoms with Gasteiger partial charge in [-0.2, -0.15) is 0 Å². The van der Waals surface area contributed by atoms with Crippen LogP contribution in [-0.2, 0) is 6.61 Å². The van der Waals surface area contributed by atoms with Crippen LogP contribution in [0.4, 0.5) is 10.5 Å². The van der Waals surface area contributed by atoms with Gasteiger partial charge in [-0.3, -0.25) is 10.4 Å². The molecule has 1 aliphatic carbocycles. The molecule has 1 aliphatic rings. The number of allylic oxidation sites excluding steroid dienone is 1. The third-order valence-electron chi connectivity index (χ3n) is 5.32. The van der Waals surface area contributed by atoms with Crippen LogP contribution in [0.15, 0.2) is 48.2 Å². The maximum atomic E-state index is 12.3. The molecule has 2 amide bonds. The summed E-state index contributed by atoms with van der Waals surface area (Å²) in [6, 6.07) is 10.4. The van der Waals surface area contributed by atoms with E-state index in [-0.39, 0.29) is 6.61 Å². The Labute approximate surface area is 193 Å². The fraction of sp³-hybridized carbons (Fsp3) is 0.304. The average molecular weight is 457 g/mol. The third kappa shape index (κ3) is 5.21. The Morgan fingerprint density at radius 1 is 1.31 bits per heavy atom. The summed E-state index contributed by atoms with van der Waals surface area (Å²) in [5, 5.41) is 13.6. The monoisotopic (exact) mass is 456 g/mol. The second kappa shape index (κ2) is 10.0. The molecule has 0 unspecified atom stereocenters. The number of rotatable bonds is 8. The fourth-order valence-electron chi connectivity index (χ4n) is 3.46. The molecule has 1 fully saturated rings. The first-order chi connectivity index (χ1) is 15.2. The van der Waals surface area contributed by atoms with Crippen LogP contribution in [0.5, 0.6) is 5.75 Å². The van der Waals surface area contributed by atoms with E-state index in [0.717, 1.165) is 39.6 Å². The normalized spacial score (nSPS) is 13.5. The number of hydrogen-bond acceptors (Lipinski definition) is 6. The molecular formula is C23H29ClN6O2. The Hall–Kier alpha value is -3.07. The van der Waals surface area contributed by atoms with Gasteiger partial charge in [-0.1, -0.05) is 23.7 Å². The zero-order valence-corrected chi connectivity index (χ0v) is 19.2. The minimum Gasteiger partial charge on any atom is -0.487 e. The molecule has 1 saturated carbocycles. The fourth-order valence-corrected chi connectivity index (χ4v) is 3.70. The summed E-state index contributed by atoms with van der Waals surface area (Å²) in [4.78, 5) is 12.3. The lowest BCUT2D eigenvalue weighted by Gasteiger charge is -2.25. The van der Waals surface area contributed by atoms with Gasteiger partial charge in [0.15, 0.2) is 0 Å². The van der Waals surface area contributed by atoms with Crippen molar-refractivity contribution in [3.05, 3.63) is 69.9 Å². The van der Waals surface area contributed by atoms with E-state index >= 15 is 0 Å². The zero-order chi connectivity index (χ0) is 23.4. The number of carbonyl (C=O) groups excluding carboxylic acids is 1. The molecule has 0 atom stereocenters. The molecule has 0 aliphatic heterocycles. The Kier molecular flexibility index (Phi) is 7.40. The molecule has 3 rings (SSSR count). The number of ether oxygens (including phenoxy) is 1. The van der Waals surface area contributed by atoms with Crippen molar-refractivity contribution in [2.75, 3.05) is 19.1 Å². The number of amides is 2. The molecule has 0 aromatic heterocycles. The first-order valence-electron chi connectivity index (χ1n) is 10.3. The molecule has 0 spiro atoms. The van der Waals surface area contributed by atoms with Crippen molar-refractivity contribution in [2.45, 2.75) is 32.3 Å². The van der Waals surface area contributed by atoms with Gasteiger partial charge in [0.2, 0.25) is 0 Å². The highest BCUT2D eigenvalue weighted by Gasteiger charge is 2.29. The van der Waals surface area contributed by atoms with Crippen LogP contribution in [0, 0.1) is 5.41 Å². The number of anilines is 1. The van der Waals surface area contributed by atoms with Crippen molar-refractivity contribution < 1.29 is 9.53 Å². The number of nitrogens with two attached hydrogens (primary N) is 2. The second-order valence-corrected chi connectivity index (χ2v) is 8.21. The van der Waals surface area contributed by atoms with Crippen molar-refractivity contribution in [3.8, 4) is 5.75 Å². The molecule has 0 heterocycles. The van der Waals surface area contributed by atoms with E-state index in [1.165, 1.54) is 7.05 Å². The lowest BCUT2D eigenvalue weighted by atomic mass is 10.0. The van der Waals surface area contributed by atoms with Crippen LogP contribution in [0.3, 0.4) is 0 Å². The van der Waals surface area contributed by atoms with Crippen LogP contribution in [0.25, 0.3) is 0 Å². The molecule has 2 aromatic rings. The number of hydrazine groups is 2. The van der Waals surface area contributed by atoms with Crippen LogP contribution >= 0.6 is 11.6 Å². The smallest absolute Gasteiger partial charge is 0.352 e. The summed E-state index contributed by atoms with van der Waals surface area (Å²) in [7, 11) is 3.23. The van der Waals surface area contributed by atoms with Gasteiger partial charge >= 0.3 is 6.03 Å². The van der Waals surface area contributed by atoms with Gasteiger partial charge in [-0.05, 0) is 61.1 Å². The van der Waals surface area contributed by atoms with E-state index < -0.39 is 6.03 Å². The molecule has 6 N–H and O–H groups in total. The Morgan fingerprint density at radius 3 is 2.62 bits per heavy atom. The summed E-state index contributed by atoms with van der Waals surface area (Å²) in [6.45, 7) is 2.04. The van der Waals surface area contributed by atoms with E-state index in [2.05, 4.69) is 5.32 Å². The molecule has 2 aromatic carbocycles. The third-order valence-corrected chi connectivity index (χ3v) is 5.62. The van der Waals surface area contributed by atoms with Crippen molar-refractivity contribution in [1.82, 2.24) is 10.3 Å². The van der Waals surface area contributed by atoms with Crippen molar-refractivity contribution >= 4 is 29.0 Å². The predicted molar refractivity (Wildman–Crippen MR) is 128 cm³/mol. The summed E-state index contributed by atoms with van der Waals surface area (Å²) in [5.74, 6) is 12.6. The van der Waals surface area contributed by atoms with Gasteiger partial charge in [0, 0.05) is 31.4 Å². The molecule has 0 saturated heterocycles. The topological polar surface area (TPSA) is 121 Å². The number of hydrogen-bond donors (Lipinski definition) is 4. The maximum Gasteiger partial charge on any atom is 0.352 e. The summed E-state index contributed by atoms with van der Waals surface area (Å²) in [5.41, 5.74) is 4.32. The molecule has 8 nitrogen and oxygen atoms in total. The van der Waals surface area contributed by atoms with Crippen molar-refractivity contribution in [3.63, 3.8) is 0 Å². The quantitative estimate of drug-likeness (QED) is 0.208.